The summed E-state index contributed by atoms with van der Waals surface area (Å²) in [6.45, 7) is 1.62. The second-order valence-corrected chi connectivity index (χ2v) is 3.46. The van der Waals surface area contributed by atoms with Gasteiger partial charge in [-0.05, 0) is 18.6 Å². The normalized spacial score (nSPS) is 9.88. The van der Waals surface area contributed by atoms with Crippen LogP contribution in [0, 0.1) is 18.8 Å². The van der Waals surface area contributed by atoms with Crippen molar-refractivity contribution in [3.63, 3.8) is 0 Å². The molecule has 0 amide bonds. The molecule has 0 aliphatic heterocycles. The predicted molar refractivity (Wildman–Crippen MR) is 63.3 cm³/mol. The summed E-state index contributed by atoms with van der Waals surface area (Å²) in [5.41, 5.74) is 1.87. The number of aliphatic hydroxyl groups excluding tert-OH is 1. The molecular weight excluding hydrogens is 202 g/mol. The molecule has 0 bridgehead atoms. The highest BCUT2D eigenvalue weighted by Gasteiger charge is 2.05. The van der Waals surface area contributed by atoms with Gasteiger partial charge in [0.05, 0.1) is 5.56 Å². The number of nitrogens with one attached hydrogen (secondary N) is 1. The van der Waals surface area contributed by atoms with Crippen molar-refractivity contribution in [2.24, 2.45) is 0 Å². The third-order valence-corrected chi connectivity index (χ3v) is 2.47. The van der Waals surface area contributed by atoms with Gasteiger partial charge in [0.15, 0.2) is 0 Å². The number of aromatic nitrogens is 1. The molecule has 80 valence electrons. The Hall–Kier alpha value is -2.05. The standard InChI is InChI=1S/C13H11NO2/c1-9-10-5-2-3-7-12(10)14-13(16)11(9)6-4-8-15/h2-3,5,7,15H,8H2,1H3,(H,14,16). The Labute approximate surface area is 92.7 Å². The lowest BCUT2D eigenvalue weighted by molar-refractivity contribution is 0.350. The highest BCUT2D eigenvalue weighted by molar-refractivity contribution is 5.83. The fourth-order valence-electron chi connectivity index (χ4n) is 1.69. The quantitative estimate of drug-likeness (QED) is 0.646. The summed E-state index contributed by atoms with van der Waals surface area (Å²) in [5.74, 6) is 5.18. The number of fused-ring (bicyclic) bond motifs is 1. The Kier molecular flexibility index (Phi) is 2.76. The molecule has 1 heterocycles. The molecule has 3 nitrogen and oxygen atoms in total. The number of pyridine rings is 1. The summed E-state index contributed by atoms with van der Waals surface area (Å²) in [6.07, 6.45) is 0. The number of rotatable bonds is 0. The molecule has 3 heteroatoms. The molecule has 0 atom stereocenters. The summed E-state index contributed by atoms with van der Waals surface area (Å²) in [5, 5.41) is 9.61. The van der Waals surface area contributed by atoms with Crippen LogP contribution in [0.4, 0.5) is 0 Å². The van der Waals surface area contributed by atoms with Crippen molar-refractivity contribution < 1.29 is 5.11 Å². The molecule has 0 saturated carbocycles. The third-order valence-electron chi connectivity index (χ3n) is 2.47. The van der Waals surface area contributed by atoms with Gasteiger partial charge in [-0.15, -0.1) is 0 Å². The first-order valence-electron chi connectivity index (χ1n) is 4.95. The second kappa shape index (κ2) is 4.21. The number of benzene rings is 1. The minimum Gasteiger partial charge on any atom is -0.384 e. The van der Waals surface area contributed by atoms with Crippen LogP contribution in [-0.2, 0) is 0 Å². The van der Waals surface area contributed by atoms with Gasteiger partial charge in [0, 0.05) is 10.9 Å². The molecule has 0 saturated heterocycles. The number of hydrogen-bond acceptors (Lipinski definition) is 2. The maximum Gasteiger partial charge on any atom is 0.264 e. The molecule has 2 aromatic rings. The van der Waals surface area contributed by atoms with Crippen LogP contribution in [0.3, 0.4) is 0 Å². The molecule has 16 heavy (non-hydrogen) atoms. The van der Waals surface area contributed by atoms with Gasteiger partial charge in [0.25, 0.3) is 5.56 Å². The highest BCUT2D eigenvalue weighted by Crippen LogP contribution is 2.15. The first-order chi connectivity index (χ1) is 7.74. The lowest BCUT2D eigenvalue weighted by Crippen LogP contribution is -2.12. The summed E-state index contributed by atoms with van der Waals surface area (Å²) in [7, 11) is 0. The van der Waals surface area contributed by atoms with Crippen molar-refractivity contribution in [2.45, 2.75) is 6.92 Å². The molecule has 0 radical (unpaired) electrons. The van der Waals surface area contributed by atoms with Crippen molar-refractivity contribution in [3.8, 4) is 11.8 Å². The van der Waals surface area contributed by atoms with Crippen LogP contribution in [0.1, 0.15) is 11.1 Å². The van der Waals surface area contributed by atoms with E-state index in [0.29, 0.717) is 5.56 Å². The maximum absolute atomic E-state index is 11.7. The van der Waals surface area contributed by atoms with Crippen molar-refractivity contribution in [1.82, 2.24) is 4.98 Å². The van der Waals surface area contributed by atoms with Crippen LogP contribution in [0.2, 0.25) is 0 Å². The monoisotopic (exact) mass is 213 g/mol. The molecule has 2 N–H and O–H groups in total. The second-order valence-electron chi connectivity index (χ2n) is 3.46. The Morgan fingerprint density at radius 3 is 2.88 bits per heavy atom. The minimum absolute atomic E-state index is 0.211. The fourth-order valence-corrected chi connectivity index (χ4v) is 1.69. The molecule has 2 rings (SSSR count). The van der Waals surface area contributed by atoms with E-state index in [-0.39, 0.29) is 12.2 Å². The minimum atomic E-state index is -0.244. The molecule has 1 aromatic carbocycles. The molecular formula is C13H11NO2. The topological polar surface area (TPSA) is 53.1 Å². The van der Waals surface area contributed by atoms with E-state index in [2.05, 4.69) is 16.8 Å². The van der Waals surface area contributed by atoms with Crippen LogP contribution < -0.4 is 5.56 Å². The van der Waals surface area contributed by atoms with Gasteiger partial charge in [0.1, 0.15) is 6.61 Å². The molecule has 0 aliphatic carbocycles. The SMILES string of the molecule is Cc1c(C#CCO)c(=O)[nH]c2ccccc12. The largest absolute Gasteiger partial charge is 0.384 e. The van der Waals surface area contributed by atoms with Gasteiger partial charge in [-0.2, -0.15) is 0 Å². The summed E-state index contributed by atoms with van der Waals surface area (Å²) in [6, 6.07) is 7.57. The van der Waals surface area contributed by atoms with Crippen molar-refractivity contribution in [3.05, 3.63) is 45.7 Å². The molecule has 0 unspecified atom stereocenters. The van der Waals surface area contributed by atoms with Crippen LogP contribution in [-0.4, -0.2) is 16.7 Å². The van der Waals surface area contributed by atoms with E-state index < -0.39 is 0 Å². The van der Waals surface area contributed by atoms with Crippen LogP contribution >= 0.6 is 0 Å². The van der Waals surface area contributed by atoms with Gasteiger partial charge in [-0.1, -0.05) is 30.0 Å². The van der Waals surface area contributed by atoms with E-state index in [1.165, 1.54) is 0 Å². The van der Waals surface area contributed by atoms with E-state index in [9.17, 15) is 4.79 Å². The zero-order chi connectivity index (χ0) is 11.5. The van der Waals surface area contributed by atoms with Gasteiger partial charge in [-0.3, -0.25) is 4.79 Å². The fraction of sp³-hybridized carbons (Fsp3) is 0.154. The number of H-pyrrole nitrogens is 1. The van der Waals surface area contributed by atoms with Crippen LogP contribution in [0.25, 0.3) is 10.9 Å². The summed E-state index contributed by atoms with van der Waals surface area (Å²) in [4.78, 5) is 14.5. The van der Waals surface area contributed by atoms with Gasteiger partial charge >= 0.3 is 0 Å². The number of para-hydroxylation sites is 1. The lowest BCUT2D eigenvalue weighted by atomic mass is 10.1. The third kappa shape index (κ3) is 1.71. The number of aromatic amines is 1. The smallest absolute Gasteiger partial charge is 0.264 e. The average molecular weight is 213 g/mol. The number of hydrogen-bond donors (Lipinski definition) is 2. The van der Waals surface area contributed by atoms with E-state index >= 15 is 0 Å². The number of aliphatic hydroxyl groups is 1. The predicted octanol–water partition coefficient (Wildman–Crippen LogP) is 1.18. The van der Waals surface area contributed by atoms with Gasteiger partial charge in [0.2, 0.25) is 0 Å². The first-order valence-corrected chi connectivity index (χ1v) is 4.95. The van der Waals surface area contributed by atoms with E-state index in [1.807, 2.05) is 31.2 Å². The van der Waals surface area contributed by atoms with Crippen LogP contribution in [0.15, 0.2) is 29.1 Å². The highest BCUT2D eigenvalue weighted by atomic mass is 16.2. The zero-order valence-corrected chi connectivity index (χ0v) is 8.87. The van der Waals surface area contributed by atoms with E-state index in [1.54, 1.807) is 0 Å². The zero-order valence-electron chi connectivity index (χ0n) is 8.87. The van der Waals surface area contributed by atoms with E-state index in [4.69, 9.17) is 5.11 Å². The first kappa shape index (κ1) is 10.5. The molecule has 1 aromatic heterocycles. The van der Waals surface area contributed by atoms with Crippen LogP contribution in [0.5, 0.6) is 0 Å². The average Bonchev–Trinajstić information content (AvgIpc) is 2.29. The summed E-state index contributed by atoms with van der Waals surface area (Å²) >= 11 is 0. The Morgan fingerprint density at radius 1 is 1.38 bits per heavy atom. The van der Waals surface area contributed by atoms with Crippen molar-refractivity contribution >= 4 is 10.9 Å². The molecule has 0 fully saturated rings. The summed E-state index contributed by atoms with van der Waals surface area (Å²) < 4.78 is 0. The molecule has 0 spiro atoms. The van der Waals surface area contributed by atoms with Gasteiger partial charge in [-0.25, -0.2) is 0 Å². The Bertz CT molecular complexity index is 644. The Balaban J connectivity index is 2.81. The van der Waals surface area contributed by atoms with Crippen molar-refractivity contribution in [2.75, 3.05) is 6.61 Å². The van der Waals surface area contributed by atoms with Crippen molar-refractivity contribution in [1.29, 1.82) is 0 Å². The maximum atomic E-state index is 11.7. The number of aryl methyl sites for hydroxylation is 1. The van der Waals surface area contributed by atoms with Gasteiger partial charge < -0.3 is 10.1 Å². The Morgan fingerprint density at radius 2 is 2.12 bits per heavy atom. The lowest BCUT2D eigenvalue weighted by Gasteiger charge is -2.03. The molecule has 0 aliphatic rings. The van der Waals surface area contributed by atoms with E-state index in [0.717, 1.165) is 16.5 Å².